The number of rotatable bonds is 5. The van der Waals surface area contributed by atoms with Crippen LogP contribution in [0.15, 0.2) is 42.5 Å². The molecule has 1 amide bonds. The fourth-order valence-corrected chi connectivity index (χ4v) is 2.34. The number of aryl methyl sites for hydroxylation is 1. The molecule has 116 valence electrons. The van der Waals surface area contributed by atoms with Gasteiger partial charge in [-0.05, 0) is 41.8 Å². The van der Waals surface area contributed by atoms with Gasteiger partial charge in [0, 0.05) is 13.0 Å². The largest absolute Gasteiger partial charge is 0.454 e. The number of nitrogens with one attached hydrogen (secondary N) is 1. The van der Waals surface area contributed by atoms with Gasteiger partial charge in [0.25, 0.3) is 0 Å². The van der Waals surface area contributed by atoms with E-state index in [4.69, 9.17) is 14.7 Å². The second-order valence-electron chi connectivity index (χ2n) is 5.27. The molecule has 0 saturated carbocycles. The summed E-state index contributed by atoms with van der Waals surface area (Å²) in [4.78, 5) is 11.9. The zero-order valence-corrected chi connectivity index (χ0v) is 12.5. The molecule has 0 unspecified atom stereocenters. The van der Waals surface area contributed by atoms with E-state index in [9.17, 15) is 4.79 Å². The Kier molecular flexibility index (Phi) is 4.44. The van der Waals surface area contributed by atoms with Crippen molar-refractivity contribution in [3.05, 3.63) is 59.2 Å². The number of hydrogen-bond acceptors (Lipinski definition) is 4. The van der Waals surface area contributed by atoms with Gasteiger partial charge in [-0.15, -0.1) is 0 Å². The number of nitrogens with zero attached hydrogens (tertiary/aromatic N) is 1. The molecule has 2 aromatic carbocycles. The van der Waals surface area contributed by atoms with Gasteiger partial charge >= 0.3 is 0 Å². The zero-order valence-electron chi connectivity index (χ0n) is 12.5. The Labute approximate surface area is 134 Å². The maximum absolute atomic E-state index is 11.9. The van der Waals surface area contributed by atoms with Gasteiger partial charge in [0.1, 0.15) is 0 Å². The standard InChI is InChI=1S/C18H16N2O3/c19-10-14-1-3-15(4-2-14)11-20-18(21)8-6-13-5-7-16-17(9-13)23-12-22-16/h1-5,7,9H,6,8,11-12H2,(H,20,21). The average Bonchev–Trinajstić information content (AvgIpc) is 3.06. The van der Waals surface area contributed by atoms with Crippen LogP contribution >= 0.6 is 0 Å². The molecule has 0 fully saturated rings. The van der Waals surface area contributed by atoms with Gasteiger partial charge in [0.2, 0.25) is 12.7 Å². The zero-order chi connectivity index (χ0) is 16.1. The first-order chi connectivity index (χ1) is 11.2. The fourth-order valence-electron chi connectivity index (χ4n) is 2.34. The van der Waals surface area contributed by atoms with Crippen LogP contribution < -0.4 is 14.8 Å². The molecule has 0 spiro atoms. The Morgan fingerprint density at radius 3 is 2.61 bits per heavy atom. The van der Waals surface area contributed by atoms with Gasteiger partial charge in [-0.1, -0.05) is 18.2 Å². The highest BCUT2D eigenvalue weighted by molar-refractivity contribution is 5.76. The molecule has 0 bridgehead atoms. The van der Waals surface area contributed by atoms with Crippen molar-refractivity contribution in [2.45, 2.75) is 19.4 Å². The predicted octanol–water partition coefficient (Wildman–Crippen LogP) is 2.54. The minimum absolute atomic E-state index is 0.00738. The van der Waals surface area contributed by atoms with Crippen LogP contribution in [-0.2, 0) is 17.8 Å². The third-order valence-electron chi connectivity index (χ3n) is 3.65. The summed E-state index contributed by atoms with van der Waals surface area (Å²) >= 11 is 0. The van der Waals surface area contributed by atoms with Crippen molar-refractivity contribution >= 4 is 5.91 Å². The number of hydrogen-bond donors (Lipinski definition) is 1. The van der Waals surface area contributed by atoms with E-state index in [1.165, 1.54) is 0 Å². The van der Waals surface area contributed by atoms with Gasteiger partial charge in [0.15, 0.2) is 11.5 Å². The van der Waals surface area contributed by atoms with E-state index >= 15 is 0 Å². The maximum Gasteiger partial charge on any atom is 0.231 e. The lowest BCUT2D eigenvalue weighted by Gasteiger charge is -2.06. The van der Waals surface area contributed by atoms with Crippen molar-refractivity contribution < 1.29 is 14.3 Å². The van der Waals surface area contributed by atoms with Gasteiger partial charge in [-0.2, -0.15) is 5.26 Å². The molecular weight excluding hydrogens is 292 g/mol. The number of nitriles is 1. The topological polar surface area (TPSA) is 71.4 Å². The second-order valence-corrected chi connectivity index (χ2v) is 5.27. The Balaban J connectivity index is 1.47. The van der Waals surface area contributed by atoms with Crippen LogP contribution in [0.3, 0.4) is 0 Å². The van der Waals surface area contributed by atoms with Crippen molar-refractivity contribution in [1.29, 1.82) is 5.26 Å². The van der Waals surface area contributed by atoms with Crippen molar-refractivity contribution in [3.63, 3.8) is 0 Å². The van der Waals surface area contributed by atoms with Gasteiger partial charge in [-0.3, -0.25) is 4.79 Å². The van der Waals surface area contributed by atoms with E-state index in [1.54, 1.807) is 12.1 Å². The van der Waals surface area contributed by atoms with E-state index in [0.29, 0.717) is 24.9 Å². The lowest BCUT2D eigenvalue weighted by molar-refractivity contribution is -0.121. The number of carbonyl (C=O) groups excluding carboxylic acids is 1. The van der Waals surface area contributed by atoms with Crippen LogP contribution in [0.4, 0.5) is 0 Å². The number of amides is 1. The smallest absolute Gasteiger partial charge is 0.231 e. The molecule has 2 aromatic rings. The quantitative estimate of drug-likeness (QED) is 0.921. The van der Waals surface area contributed by atoms with E-state index in [1.807, 2.05) is 30.3 Å². The minimum atomic E-state index is -0.00738. The van der Waals surface area contributed by atoms with Gasteiger partial charge in [-0.25, -0.2) is 0 Å². The Morgan fingerprint density at radius 2 is 1.83 bits per heavy atom. The molecule has 5 nitrogen and oxygen atoms in total. The van der Waals surface area contributed by atoms with E-state index in [-0.39, 0.29) is 12.7 Å². The summed E-state index contributed by atoms with van der Waals surface area (Å²) in [6, 6.07) is 15.0. The normalized spacial score (nSPS) is 11.8. The molecule has 1 heterocycles. The molecular formula is C18H16N2O3. The molecule has 1 aliphatic rings. The number of ether oxygens (including phenoxy) is 2. The lowest BCUT2D eigenvalue weighted by atomic mass is 10.1. The van der Waals surface area contributed by atoms with Crippen LogP contribution in [0.2, 0.25) is 0 Å². The first-order valence-corrected chi connectivity index (χ1v) is 7.39. The number of benzene rings is 2. The van der Waals surface area contributed by atoms with E-state index < -0.39 is 0 Å². The van der Waals surface area contributed by atoms with Crippen LogP contribution in [0.5, 0.6) is 11.5 Å². The SMILES string of the molecule is N#Cc1ccc(CNC(=O)CCc2ccc3c(c2)OCO3)cc1. The molecule has 1 N–H and O–H groups in total. The summed E-state index contributed by atoms with van der Waals surface area (Å²) in [7, 11) is 0. The monoisotopic (exact) mass is 308 g/mol. The van der Waals surface area contributed by atoms with Crippen molar-refractivity contribution in [2.24, 2.45) is 0 Å². The van der Waals surface area contributed by atoms with Crippen molar-refractivity contribution in [2.75, 3.05) is 6.79 Å². The number of fused-ring (bicyclic) bond motifs is 1. The first-order valence-electron chi connectivity index (χ1n) is 7.39. The molecule has 3 rings (SSSR count). The molecule has 1 aliphatic heterocycles. The molecule has 0 aliphatic carbocycles. The van der Waals surface area contributed by atoms with Crippen molar-refractivity contribution in [1.82, 2.24) is 5.32 Å². The Bertz CT molecular complexity index is 748. The molecule has 23 heavy (non-hydrogen) atoms. The average molecular weight is 308 g/mol. The lowest BCUT2D eigenvalue weighted by Crippen LogP contribution is -2.22. The Morgan fingerprint density at radius 1 is 1.09 bits per heavy atom. The third kappa shape index (κ3) is 3.80. The molecule has 0 aromatic heterocycles. The highest BCUT2D eigenvalue weighted by Crippen LogP contribution is 2.32. The van der Waals surface area contributed by atoms with Gasteiger partial charge in [0.05, 0.1) is 11.6 Å². The first kappa shape index (κ1) is 14.9. The molecule has 0 radical (unpaired) electrons. The predicted molar refractivity (Wildman–Crippen MR) is 83.9 cm³/mol. The number of carbonyl (C=O) groups is 1. The summed E-state index contributed by atoms with van der Waals surface area (Å²) in [6.07, 6.45) is 1.06. The highest BCUT2D eigenvalue weighted by Gasteiger charge is 2.13. The Hall–Kier alpha value is -3.00. The van der Waals surface area contributed by atoms with Crippen LogP contribution in [-0.4, -0.2) is 12.7 Å². The minimum Gasteiger partial charge on any atom is -0.454 e. The van der Waals surface area contributed by atoms with E-state index in [2.05, 4.69) is 11.4 Å². The van der Waals surface area contributed by atoms with Crippen LogP contribution in [0, 0.1) is 11.3 Å². The molecule has 5 heteroatoms. The van der Waals surface area contributed by atoms with E-state index in [0.717, 1.165) is 22.6 Å². The summed E-state index contributed by atoms with van der Waals surface area (Å²) < 4.78 is 10.6. The van der Waals surface area contributed by atoms with Crippen molar-refractivity contribution in [3.8, 4) is 17.6 Å². The highest BCUT2D eigenvalue weighted by atomic mass is 16.7. The summed E-state index contributed by atoms with van der Waals surface area (Å²) in [5.41, 5.74) is 2.63. The van der Waals surface area contributed by atoms with Crippen LogP contribution in [0.25, 0.3) is 0 Å². The summed E-state index contributed by atoms with van der Waals surface area (Å²) in [5.74, 6) is 1.48. The maximum atomic E-state index is 11.9. The fraction of sp³-hybridized carbons (Fsp3) is 0.222. The molecule has 0 atom stereocenters. The summed E-state index contributed by atoms with van der Waals surface area (Å²) in [5, 5.41) is 11.6. The van der Waals surface area contributed by atoms with Gasteiger partial charge < -0.3 is 14.8 Å². The second kappa shape index (κ2) is 6.84. The third-order valence-corrected chi connectivity index (χ3v) is 3.65. The summed E-state index contributed by atoms with van der Waals surface area (Å²) in [6.45, 7) is 0.718. The van der Waals surface area contributed by atoms with Crippen LogP contribution in [0.1, 0.15) is 23.1 Å². The molecule has 0 saturated heterocycles.